The van der Waals surface area contributed by atoms with Gasteiger partial charge in [0.25, 0.3) is 0 Å². The normalized spacial score (nSPS) is 32.4. The molecule has 5 nitrogen and oxygen atoms in total. The van der Waals surface area contributed by atoms with E-state index in [1.54, 1.807) is 16.8 Å². The molecule has 2 saturated heterocycles. The Labute approximate surface area is 122 Å². The van der Waals surface area contributed by atoms with Crippen molar-refractivity contribution in [1.29, 1.82) is 0 Å². The van der Waals surface area contributed by atoms with Crippen molar-refractivity contribution in [1.82, 2.24) is 15.2 Å². The Morgan fingerprint density at radius 2 is 2.50 bits per heavy atom. The predicted molar refractivity (Wildman–Crippen MR) is 75.5 cm³/mol. The van der Waals surface area contributed by atoms with E-state index in [4.69, 9.17) is 4.74 Å². The van der Waals surface area contributed by atoms with Gasteiger partial charge in [0.15, 0.2) is 0 Å². The van der Waals surface area contributed by atoms with Crippen LogP contribution in [-0.4, -0.2) is 40.7 Å². The van der Waals surface area contributed by atoms with Crippen LogP contribution in [0.5, 0.6) is 0 Å². The van der Waals surface area contributed by atoms with Crippen LogP contribution in [0.4, 0.5) is 4.79 Å². The van der Waals surface area contributed by atoms with E-state index in [1.165, 1.54) is 12.8 Å². The fraction of sp³-hybridized carbons (Fsp3) is 0.714. The average Bonchev–Trinajstić information content (AvgIpc) is 2.97. The Hall–Kier alpha value is -1.14. The summed E-state index contributed by atoms with van der Waals surface area (Å²) in [6, 6.07) is 0.344. The van der Waals surface area contributed by atoms with E-state index in [0.29, 0.717) is 18.5 Å². The van der Waals surface area contributed by atoms with Gasteiger partial charge in [0.05, 0.1) is 30.3 Å². The summed E-state index contributed by atoms with van der Waals surface area (Å²) < 4.78 is 5.99. The molecule has 0 bridgehead atoms. The van der Waals surface area contributed by atoms with Crippen LogP contribution in [0, 0.1) is 5.92 Å². The van der Waals surface area contributed by atoms with Crippen molar-refractivity contribution in [2.24, 2.45) is 5.92 Å². The number of hydrogen-bond donors (Lipinski definition) is 1. The minimum atomic E-state index is -0.0147. The van der Waals surface area contributed by atoms with E-state index in [1.807, 2.05) is 10.3 Å². The van der Waals surface area contributed by atoms with Gasteiger partial charge in [0.1, 0.15) is 5.60 Å². The van der Waals surface area contributed by atoms with Crippen LogP contribution in [0.3, 0.4) is 0 Å². The molecule has 0 aromatic carbocycles. The van der Waals surface area contributed by atoms with Crippen LogP contribution >= 0.6 is 11.3 Å². The lowest BCUT2D eigenvalue weighted by molar-refractivity contribution is -0.147. The number of aromatic nitrogens is 1. The molecule has 2 aliphatic heterocycles. The topological polar surface area (TPSA) is 54.5 Å². The zero-order valence-corrected chi connectivity index (χ0v) is 12.2. The molecular weight excluding hydrogens is 274 g/mol. The second-order valence-corrected chi connectivity index (χ2v) is 6.78. The van der Waals surface area contributed by atoms with Crippen LogP contribution in [0.1, 0.15) is 31.4 Å². The Kier molecular flexibility index (Phi) is 2.96. The number of carbonyl (C=O) groups is 1. The summed E-state index contributed by atoms with van der Waals surface area (Å²) in [5.74, 6) is 0.659. The maximum Gasteiger partial charge on any atom is 0.318 e. The second kappa shape index (κ2) is 4.70. The number of hydrogen-bond acceptors (Lipinski definition) is 4. The lowest BCUT2D eigenvalue weighted by Gasteiger charge is -2.55. The van der Waals surface area contributed by atoms with Crippen molar-refractivity contribution >= 4 is 17.4 Å². The number of thiazole rings is 1. The fourth-order valence-corrected chi connectivity index (χ4v) is 4.17. The molecule has 0 radical (unpaired) electrons. The minimum Gasteiger partial charge on any atom is -0.371 e. The molecular formula is C14H19N3O2S. The van der Waals surface area contributed by atoms with Gasteiger partial charge >= 0.3 is 6.03 Å². The van der Waals surface area contributed by atoms with Crippen LogP contribution in [-0.2, 0) is 11.3 Å². The van der Waals surface area contributed by atoms with E-state index in [-0.39, 0.29) is 11.6 Å². The molecule has 2 amide bonds. The van der Waals surface area contributed by atoms with Crippen molar-refractivity contribution in [3.8, 4) is 0 Å². The lowest BCUT2D eigenvalue weighted by Crippen LogP contribution is -2.73. The Balaban J connectivity index is 1.39. The zero-order chi connectivity index (χ0) is 13.6. The summed E-state index contributed by atoms with van der Waals surface area (Å²) in [5.41, 5.74) is 2.71. The molecule has 108 valence electrons. The quantitative estimate of drug-likeness (QED) is 0.927. The highest BCUT2D eigenvalue weighted by molar-refractivity contribution is 7.07. The zero-order valence-electron chi connectivity index (χ0n) is 11.4. The highest BCUT2D eigenvalue weighted by Gasteiger charge is 2.61. The molecule has 1 N–H and O–H groups in total. The van der Waals surface area contributed by atoms with Gasteiger partial charge in [0, 0.05) is 12.0 Å². The maximum atomic E-state index is 12.3. The first-order valence-corrected chi connectivity index (χ1v) is 8.28. The lowest BCUT2D eigenvalue weighted by atomic mass is 9.78. The van der Waals surface area contributed by atoms with Crippen molar-refractivity contribution in [2.75, 3.05) is 13.2 Å². The van der Waals surface area contributed by atoms with Crippen molar-refractivity contribution in [2.45, 2.75) is 43.9 Å². The molecule has 1 aromatic heterocycles. The Bertz CT molecular complexity index is 495. The summed E-state index contributed by atoms with van der Waals surface area (Å²) in [6.45, 7) is 2.14. The molecule has 1 saturated carbocycles. The van der Waals surface area contributed by atoms with Gasteiger partial charge in [-0.05, 0) is 31.6 Å². The monoisotopic (exact) mass is 293 g/mol. The van der Waals surface area contributed by atoms with E-state index < -0.39 is 0 Å². The van der Waals surface area contributed by atoms with Crippen molar-refractivity contribution in [3.63, 3.8) is 0 Å². The SMILES string of the molecule is O=C(NCc1cscn1)N1CC2(CCCO2)C1C1CC1. The summed E-state index contributed by atoms with van der Waals surface area (Å²) >= 11 is 1.55. The molecule has 3 aliphatic rings. The van der Waals surface area contributed by atoms with Crippen molar-refractivity contribution < 1.29 is 9.53 Å². The average molecular weight is 293 g/mol. The van der Waals surface area contributed by atoms with Crippen LogP contribution in [0.25, 0.3) is 0 Å². The molecule has 6 heteroatoms. The number of amides is 2. The minimum absolute atomic E-state index is 0.0147. The molecule has 2 atom stereocenters. The van der Waals surface area contributed by atoms with Crippen molar-refractivity contribution in [3.05, 3.63) is 16.6 Å². The highest BCUT2D eigenvalue weighted by Crippen LogP contribution is 2.51. The molecule has 3 fully saturated rings. The molecule has 1 spiro atoms. The highest BCUT2D eigenvalue weighted by atomic mass is 32.1. The molecule has 4 rings (SSSR count). The first-order valence-electron chi connectivity index (χ1n) is 7.34. The standard InChI is InChI=1S/C14H19N3O2S/c18-13(15-6-11-7-20-9-16-11)17-8-14(4-1-5-19-14)12(17)10-2-3-10/h7,9-10,12H,1-6,8H2,(H,15,18). The van der Waals surface area contributed by atoms with Gasteiger partial charge in [-0.15, -0.1) is 11.3 Å². The largest absolute Gasteiger partial charge is 0.371 e. The van der Waals surface area contributed by atoms with E-state index in [2.05, 4.69) is 10.3 Å². The number of nitrogens with zero attached hydrogens (tertiary/aromatic N) is 2. The molecule has 1 aliphatic carbocycles. The maximum absolute atomic E-state index is 12.3. The first-order chi connectivity index (χ1) is 9.78. The number of carbonyl (C=O) groups excluding carboxylic acids is 1. The van der Waals surface area contributed by atoms with E-state index in [0.717, 1.165) is 31.7 Å². The Morgan fingerprint density at radius 3 is 3.15 bits per heavy atom. The summed E-state index contributed by atoms with van der Waals surface area (Å²) in [6.07, 6.45) is 4.73. The van der Waals surface area contributed by atoms with Gasteiger partial charge < -0.3 is 15.0 Å². The number of ether oxygens (including phenoxy) is 1. The molecule has 3 heterocycles. The third-order valence-electron chi connectivity index (χ3n) is 4.68. The van der Waals surface area contributed by atoms with Crippen LogP contribution in [0.15, 0.2) is 10.9 Å². The van der Waals surface area contributed by atoms with Gasteiger partial charge in [-0.2, -0.15) is 0 Å². The first kappa shape index (κ1) is 12.6. The van der Waals surface area contributed by atoms with E-state index >= 15 is 0 Å². The Morgan fingerprint density at radius 1 is 1.60 bits per heavy atom. The summed E-state index contributed by atoms with van der Waals surface area (Å²) in [7, 11) is 0. The number of urea groups is 1. The van der Waals surface area contributed by atoms with Crippen LogP contribution in [0.2, 0.25) is 0 Å². The smallest absolute Gasteiger partial charge is 0.318 e. The van der Waals surface area contributed by atoms with E-state index in [9.17, 15) is 4.79 Å². The summed E-state index contributed by atoms with van der Waals surface area (Å²) in [5, 5.41) is 4.95. The second-order valence-electron chi connectivity index (χ2n) is 6.07. The molecule has 2 unspecified atom stereocenters. The van der Waals surface area contributed by atoms with Gasteiger partial charge in [-0.1, -0.05) is 0 Å². The van der Waals surface area contributed by atoms with Gasteiger partial charge in [-0.25, -0.2) is 9.78 Å². The van der Waals surface area contributed by atoms with Gasteiger partial charge in [-0.3, -0.25) is 0 Å². The number of likely N-dealkylation sites (tertiary alicyclic amines) is 1. The summed E-state index contributed by atoms with van der Waals surface area (Å²) in [4.78, 5) is 18.5. The molecule has 1 aromatic rings. The predicted octanol–water partition coefficient (Wildman–Crippen LogP) is 2.00. The fourth-order valence-electron chi connectivity index (χ4n) is 3.62. The third kappa shape index (κ3) is 2.02. The number of rotatable bonds is 3. The third-order valence-corrected chi connectivity index (χ3v) is 5.32. The van der Waals surface area contributed by atoms with Gasteiger partial charge in [0.2, 0.25) is 0 Å². The van der Waals surface area contributed by atoms with Crippen LogP contribution < -0.4 is 5.32 Å². The molecule has 20 heavy (non-hydrogen) atoms. The number of nitrogens with one attached hydrogen (secondary N) is 1.